The molecule has 0 aliphatic heterocycles. The Morgan fingerprint density at radius 2 is 2.09 bits per heavy atom. The Kier molecular flexibility index (Phi) is 4.19. The van der Waals surface area contributed by atoms with Crippen LogP contribution in [0.3, 0.4) is 0 Å². The summed E-state index contributed by atoms with van der Waals surface area (Å²) < 4.78 is 7.02. The van der Waals surface area contributed by atoms with E-state index in [2.05, 4.69) is 20.6 Å². The summed E-state index contributed by atoms with van der Waals surface area (Å²) in [5, 5.41) is 14.3. The average molecular weight is 315 g/mol. The Balaban J connectivity index is 1.58. The van der Waals surface area contributed by atoms with E-state index in [4.69, 9.17) is 4.42 Å². The van der Waals surface area contributed by atoms with Crippen molar-refractivity contribution in [3.8, 4) is 11.6 Å². The Morgan fingerprint density at radius 1 is 1.27 bits per heavy atom. The molecule has 0 aliphatic rings. The second-order valence-corrected chi connectivity index (χ2v) is 5.45. The Morgan fingerprint density at radius 3 is 2.82 bits per heavy atom. The lowest BCUT2D eigenvalue weighted by Gasteiger charge is -2.00. The minimum Gasteiger partial charge on any atom is -0.401 e. The first kappa shape index (κ1) is 14.3. The maximum Gasteiger partial charge on any atom is 0.322 e. The first-order chi connectivity index (χ1) is 10.7. The van der Waals surface area contributed by atoms with Crippen LogP contribution in [0.15, 0.2) is 51.9 Å². The fourth-order valence-corrected chi connectivity index (χ4v) is 2.50. The normalized spacial score (nSPS) is 10.6. The van der Waals surface area contributed by atoms with Crippen LogP contribution in [-0.2, 0) is 11.8 Å². The van der Waals surface area contributed by atoms with Crippen LogP contribution >= 0.6 is 11.8 Å². The van der Waals surface area contributed by atoms with Crippen LogP contribution < -0.4 is 5.32 Å². The summed E-state index contributed by atoms with van der Waals surface area (Å²) in [6, 6.07) is 11.5. The van der Waals surface area contributed by atoms with Gasteiger partial charge in [0.2, 0.25) is 5.91 Å². The third kappa shape index (κ3) is 3.34. The van der Waals surface area contributed by atoms with E-state index in [1.165, 1.54) is 11.8 Å². The number of nitrogens with one attached hydrogen (secondary N) is 1. The third-order valence-corrected chi connectivity index (χ3v) is 3.84. The number of carbonyl (C=O) groups is 1. The summed E-state index contributed by atoms with van der Waals surface area (Å²) in [5.41, 5.74) is 0.687. The quantitative estimate of drug-likeness (QED) is 0.726. The van der Waals surface area contributed by atoms with Gasteiger partial charge in [0.1, 0.15) is 5.69 Å². The molecule has 0 aliphatic carbocycles. The molecule has 1 aromatic carbocycles. The third-order valence-electron chi connectivity index (χ3n) is 2.82. The van der Waals surface area contributed by atoms with E-state index in [1.54, 1.807) is 24.0 Å². The number of carbonyl (C=O) groups excluding carboxylic acids is 1. The zero-order valence-electron chi connectivity index (χ0n) is 11.8. The zero-order chi connectivity index (χ0) is 15.4. The van der Waals surface area contributed by atoms with Crippen molar-refractivity contribution >= 4 is 23.7 Å². The van der Waals surface area contributed by atoms with Crippen LogP contribution in [0.4, 0.5) is 6.01 Å². The maximum atomic E-state index is 11.9. The molecule has 1 amide bonds. The largest absolute Gasteiger partial charge is 0.401 e. The van der Waals surface area contributed by atoms with Crippen LogP contribution in [0.2, 0.25) is 0 Å². The zero-order valence-corrected chi connectivity index (χ0v) is 12.6. The Bertz CT molecular complexity index is 768. The highest BCUT2D eigenvalue weighted by molar-refractivity contribution is 8.00. The van der Waals surface area contributed by atoms with Crippen LogP contribution in [0.1, 0.15) is 0 Å². The number of rotatable bonds is 5. The summed E-state index contributed by atoms with van der Waals surface area (Å²) in [5.74, 6) is 0.382. The molecule has 0 atom stereocenters. The summed E-state index contributed by atoms with van der Waals surface area (Å²) in [7, 11) is 1.77. The van der Waals surface area contributed by atoms with Crippen molar-refractivity contribution in [2.45, 2.75) is 4.90 Å². The van der Waals surface area contributed by atoms with Gasteiger partial charge in [0.25, 0.3) is 5.89 Å². The number of nitrogens with zero attached hydrogens (tertiary/aromatic N) is 4. The van der Waals surface area contributed by atoms with E-state index in [0.717, 1.165) is 4.90 Å². The topological polar surface area (TPSA) is 85.8 Å². The molecule has 0 saturated heterocycles. The molecule has 112 valence electrons. The number of hydrogen-bond donors (Lipinski definition) is 1. The van der Waals surface area contributed by atoms with Crippen molar-refractivity contribution in [3.05, 3.63) is 42.6 Å². The highest BCUT2D eigenvalue weighted by Crippen LogP contribution is 2.20. The SMILES string of the molecule is Cn1nccc1-c1nnc(NC(=O)CSc2ccccc2)o1. The number of amides is 1. The fourth-order valence-electron chi connectivity index (χ4n) is 1.78. The fraction of sp³-hybridized carbons (Fsp3) is 0.143. The number of benzene rings is 1. The monoisotopic (exact) mass is 315 g/mol. The van der Waals surface area contributed by atoms with Gasteiger partial charge in [0, 0.05) is 18.1 Å². The van der Waals surface area contributed by atoms with Crippen molar-refractivity contribution in [1.82, 2.24) is 20.0 Å². The smallest absolute Gasteiger partial charge is 0.322 e. The lowest BCUT2D eigenvalue weighted by Crippen LogP contribution is -2.14. The molecular formula is C14H13N5O2S. The molecule has 0 bridgehead atoms. The molecule has 22 heavy (non-hydrogen) atoms. The molecule has 3 aromatic rings. The van der Waals surface area contributed by atoms with Crippen molar-refractivity contribution < 1.29 is 9.21 Å². The van der Waals surface area contributed by atoms with Crippen LogP contribution in [0, 0.1) is 0 Å². The van der Waals surface area contributed by atoms with Gasteiger partial charge in [-0.3, -0.25) is 14.8 Å². The van der Waals surface area contributed by atoms with E-state index in [1.807, 2.05) is 30.3 Å². The van der Waals surface area contributed by atoms with Gasteiger partial charge in [-0.25, -0.2) is 0 Å². The number of thioether (sulfide) groups is 1. The molecule has 2 aromatic heterocycles. The van der Waals surface area contributed by atoms with Gasteiger partial charge in [-0.05, 0) is 18.2 Å². The predicted octanol–water partition coefficient (Wildman–Crippen LogP) is 2.20. The molecular weight excluding hydrogens is 302 g/mol. The lowest BCUT2D eigenvalue weighted by molar-refractivity contribution is -0.113. The van der Waals surface area contributed by atoms with E-state index in [9.17, 15) is 4.79 Å². The molecule has 2 heterocycles. The highest BCUT2D eigenvalue weighted by Gasteiger charge is 2.13. The Labute approximate surface area is 130 Å². The summed E-state index contributed by atoms with van der Waals surface area (Å²) in [4.78, 5) is 12.9. The molecule has 0 unspecified atom stereocenters. The standard InChI is InChI=1S/C14H13N5O2S/c1-19-11(7-8-15-19)13-17-18-14(21-13)16-12(20)9-22-10-5-3-2-4-6-10/h2-8H,9H2,1H3,(H,16,18,20). The van der Waals surface area contributed by atoms with E-state index >= 15 is 0 Å². The number of anilines is 1. The summed E-state index contributed by atoms with van der Waals surface area (Å²) in [6.07, 6.45) is 1.63. The van der Waals surface area contributed by atoms with Gasteiger partial charge in [0.05, 0.1) is 5.75 Å². The molecule has 7 nitrogen and oxygen atoms in total. The second-order valence-electron chi connectivity index (χ2n) is 4.40. The van der Waals surface area contributed by atoms with E-state index in [-0.39, 0.29) is 17.7 Å². The van der Waals surface area contributed by atoms with Gasteiger partial charge in [-0.1, -0.05) is 23.3 Å². The molecule has 0 saturated carbocycles. The number of aromatic nitrogens is 4. The Hall–Kier alpha value is -2.61. The van der Waals surface area contributed by atoms with Crippen LogP contribution in [-0.4, -0.2) is 31.6 Å². The molecule has 0 fully saturated rings. The average Bonchev–Trinajstić information content (AvgIpc) is 3.15. The van der Waals surface area contributed by atoms with Crippen molar-refractivity contribution in [2.75, 3.05) is 11.1 Å². The predicted molar refractivity (Wildman–Crippen MR) is 82.3 cm³/mol. The van der Waals surface area contributed by atoms with Crippen molar-refractivity contribution in [2.24, 2.45) is 7.05 Å². The van der Waals surface area contributed by atoms with Crippen molar-refractivity contribution in [1.29, 1.82) is 0 Å². The number of hydrogen-bond acceptors (Lipinski definition) is 6. The second kappa shape index (κ2) is 6.44. The summed E-state index contributed by atoms with van der Waals surface area (Å²) >= 11 is 1.44. The summed E-state index contributed by atoms with van der Waals surface area (Å²) in [6.45, 7) is 0. The minimum atomic E-state index is -0.200. The van der Waals surface area contributed by atoms with Gasteiger partial charge in [-0.2, -0.15) is 5.10 Å². The van der Waals surface area contributed by atoms with Gasteiger partial charge in [0.15, 0.2) is 0 Å². The van der Waals surface area contributed by atoms with E-state index < -0.39 is 0 Å². The van der Waals surface area contributed by atoms with Crippen LogP contribution in [0.5, 0.6) is 0 Å². The molecule has 8 heteroatoms. The van der Waals surface area contributed by atoms with Crippen LogP contribution in [0.25, 0.3) is 11.6 Å². The lowest BCUT2D eigenvalue weighted by atomic mass is 10.4. The number of aryl methyl sites for hydroxylation is 1. The van der Waals surface area contributed by atoms with Gasteiger partial charge >= 0.3 is 6.01 Å². The molecule has 1 N–H and O–H groups in total. The first-order valence-corrected chi connectivity index (χ1v) is 7.50. The first-order valence-electron chi connectivity index (χ1n) is 6.52. The van der Waals surface area contributed by atoms with E-state index in [0.29, 0.717) is 11.6 Å². The van der Waals surface area contributed by atoms with Gasteiger partial charge < -0.3 is 4.42 Å². The van der Waals surface area contributed by atoms with Gasteiger partial charge in [-0.15, -0.1) is 16.9 Å². The molecule has 0 radical (unpaired) electrons. The minimum absolute atomic E-state index is 0.0786. The molecule has 3 rings (SSSR count). The van der Waals surface area contributed by atoms with Crippen molar-refractivity contribution in [3.63, 3.8) is 0 Å². The molecule has 0 spiro atoms. The highest BCUT2D eigenvalue weighted by atomic mass is 32.2. The maximum absolute atomic E-state index is 11.9.